The van der Waals surface area contributed by atoms with E-state index in [1.807, 2.05) is 41.9 Å². The third-order valence-electron chi connectivity index (χ3n) is 5.51. The van der Waals surface area contributed by atoms with Gasteiger partial charge < -0.3 is 14.8 Å². The standard InChI is InChI=1S/C24H31B3N6O2/c1-14(2)33-21-19(30-12-16-7-5-9-28-22(16)34-4)11-18(31-20(21)15(3)32-33)17-8-6-10-29-23(17)35-13-24(25,26)27/h5-11,14H,12-13,25-27H2,1-4H3,(H,30,31). The minimum absolute atomic E-state index is 0.0106. The van der Waals surface area contributed by atoms with Crippen LogP contribution in [0.25, 0.3) is 22.3 Å². The van der Waals surface area contributed by atoms with Gasteiger partial charge in [0.15, 0.2) is 0 Å². The maximum Gasteiger partial charge on any atom is 0.222 e. The lowest BCUT2D eigenvalue weighted by molar-refractivity contribution is 0.312. The van der Waals surface area contributed by atoms with Gasteiger partial charge in [-0.2, -0.15) is 5.10 Å². The monoisotopic (exact) mass is 468 g/mol. The van der Waals surface area contributed by atoms with E-state index in [-0.39, 0.29) is 11.2 Å². The fourth-order valence-corrected chi connectivity index (χ4v) is 3.85. The second-order valence-electron chi connectivity index (χ2n) is 10.1. The molecule has 0 unspecified atom stereocenters. The molecule has 4 aromatic rings. The number of nitrogens with one attached hydrogen (secondary N) is 1. The van der Waals surface area contributed by atoms with Crippen LogP contribution in [0, 0.1) is 6.92 Å². The molecule has 0 saturated carbocycles. The highest BCUT2D eigenvalue weighted by Crippen LogP contribution is 2.35. The van der Waals surface area contributed by atoms with Crippen molar-refractivity contribution in [2.24, 2.45) is 0 Å². The Balaban J connectivity index is 1.82. The maximum atomic E-state index is 6.12. The van der Waals surface area contributed by atoms with Gasteiger partial charge in [0, 0.05) is 30.5 Å². The molecule has 0 fully saturated rings. The van der Waals surface area contributed by atoms with Crippen molar-refractivity contribution in [3.63, 3.8) is 0 Å². The summed E-state index contributed by atoms with van der Waals surface area (Å²) in [5.41, 5.74) is 6.20. The van der Waals surface area contributed by atoms with E-state index in [0.29, 0.717) is 24.9 Å². The van der Waals surface area contributed by atoms with E-state index in [9.17, 15) is 0 Å². The Bertz CT molecular complexity index is 1340. The number of methoxy groups -OCH3 is 1. The highest BCUT2D eigenvalue weighted by Gasteiger charge is 2.21. The van der Waals surface area contributed by atoms with Gasteiger partial charge in [0.25, 0.3) is 0 Å². The van der Waals surface area contributed by atoms with Gasteiger partial charge in [-0.1, -0.05) is 11.2 Å². The lowest BCUT2D eigenvalue weighted by Gasteiger charge is -2.20. The second-order valence-corrected chi connectivity index (χ2v) is 10.1. The van der Waals surface area contributed by atoms with Crippen LogP contribution in [-0.2, 0) is 6.54 Å². The van der Waals surface area contributed by atoms with Crippen molar-refractivity contribution in [1.82, 2.24) is 24.7 Å². The molecule has 8 nitrogen and oxygen atoms in total. The largest absolute Gasteiger partial charge is 0.481 e. The molecule has 11 heteroatoms. The molecule has 0 bridgehead atoms. The fourth-order valence-electron chi connectivity index (χ4n) is 3.85. The Morgan fingerprint density at radius 2 is 1.80 bits per heavy atom. The van der Waals surface area contributed by atoms with Gasteiger partial charge in [0.1, 0.15) is 11.0 Å². The Kier molecular flexibility index (Phi) is 7.05. The summed E-state index contributed by atoms with van der Waals surface area (Å²) in [5.74, 6) is 1.17. The number of pyridine rings is 3. The van der Waals surface area contributed by atoms with E-state index in [4.69, 9.17) is 19.6 Å². The number of nitrogens with zero attached hydrogens (tertiary/aromatic N) is 5. The van der Waals surface area contributed by atoms with Gasteiger partial charge in [-0.25, -0.2) is 15.0 Å². The van der Waals surface area contributed by atoms with E-state index in [0.717, 1.165) is 39.2 Å². The number of hydrogen-bond acceptors (Lipinski definition) is 7. The van der Waals surface area contributed by atoms with Crippen LogP contribution in [0.5, 0.6) is 11.8 Å². The van der Waals surface area contributed by atoms with Crippen LogP contribution in [0.2, 0.25) is 5.11 Å². The van der Waals surface area contributed by atoms with Gasteiger partial charge in [0.05, 0.1) is 59.9 Å². The molecule has 0 aliphatic carbocycles. The van der Waals surface area contributed by atoms with Crippen LogP contribution >= 0.6 is 0 Å². The van der Waals surface area contributed by atoms with Crippen LogP contribution in [0.4, 0.5) is 5.69 Å². The first-order valence-electron chi connectivity index (χ1n) is 11.9. The average Bonchev–Trinajstić information content (AvgIpc) is 3.18. The van der Waals surface area contributed by atoms with Crippen molar-refractivity contribution in [3.8, 4) is 23.0 Å². The molecular formula is C24H31B3N6O2. The van der Waals surface area contributed by atoms with Gasteiger partial charge in [-0.15, -0.1) is 0 Å². The summed E-state index contributed by atoms with van der Waals surface area (Å²) in [6, 6.07) is 10.0. The number of rotatable bonds is 9. The van der Waals surface area contributed by atoms with E-state index in [1.54, 1.807) is 19.5 Å². The zero-order chi connectivity index (χ0) is 25.2. The number of anilines is 1. The first-order chi connectivity index (χ1) is 16.7. The van der Waals surface area contributed by atoms with Crippen molar-refractivity contribution < 1.29 is 9.47 Å². The molecule has 0 amide bonds. The minimum Gasteiger partial charge on any atom is -0.481 e. The quantitative estimate of drug-likeness (QED) is 0.375. The zero-order valence-corrected chi connectivity index (χ0v) is 21.6. The lowest BCUT2D eigenvalue weighted by atomic mass is 9.43. The van der Waals surface area contributed by atoms with E-state index < -0.39 is 0 Å². The Labute approximate surface area is 209 Å². The molecule has 4 rings (SSSR count). The van der Waals surface area contributed by atoms with Crippen molar-refractivity contribution in [3.05, 3.63) is 54.0 Å². The predicted octanol–water partition coefficient (Wildman–Crippen LogP) is 1.75. The van der Waals surface area contributed by atoms with Crippen LogP contribution in [0.1, 0.15) is 31.1 Å². The number of aryl methyl sites for hydroxylation is 1. The molecular weight excluding hydrogens is 437 g/mol. The van der Waals surface area contributed by atoms with Crippen molar-refractivity contribution in [2.75, 3.05) is 19.0 Å². The topological polar surface area (TPSA) is 87.0 Å². The van der Waals surface area contributed by atoms with Crippen molar-refractivity contribution >= 4 is 40.3 Å². The molecule has 4 heterocycles. The Morgan fingerprint density at radius 3 is 2.49 bits per heavy atom. The normalized spacial score (nSPS) is 11.7. The highest BCUT2D eigenvalue weighted by atomic mass is 16.5. The Morgan fingerprint density at radius 1 is 1.09 bits per heavy atom. The summed E-state index contributed by atoms with van der Waals surface area (Å²) in [5, 5.41) is 8.40. The lowest BCUT2D eigenvalue weighted by Crippen LogP contribution is -2.22. The highest BCUT2D eigenvalue weighted by molar-refractivity contribution is 6.59. The van der Waals surface area contributed by atoms with Gasteiger partial charge in [-0.3, -0.25) is 4.68 Å². The molecule has 0 spiro atoms. The summed E-state index contributed by atoms with van der Waals surface area (Å²) < 4.78 is 13.6. The summed E-state index contributed by atoms with van der Waals surface area (Å²) in [7, 11) is 8.04. The summed E-state index contributed by atoms with van der Waals surface area (Å²) in [4.78, 5) is 13.9. The van der Waals surface area contributed by atoms with Gasteiger partial charge >= 0.3 is 0 Å². The molecule has 178 valence electrons. The summed E-state index contributed by atoms with van der Waals surface area (Å²) >= 11 is 0. The molecule has 35 heavy (non-hydrogen) atoms. The Hall–Kier alpha value is -3.49. The van der Waals surface area contributed by atoms with Crippen LogP contribution in [0.15, 0.2) is 42.7 Å². The summed E-state index contributed by atoms with van der Waals surface area (Å²) in [6.45, 7) is 7.32. The molecule has 0 aromatic carbocycles. The molecule has 0 radical (unpaired) electrons. The molecule has 4 aromatic heterocycles. The van der Waals surface area contributed by atoms with E-state index in [1.165, 1.54) is 0 Å². The van der Waals surface area contributed by atoms with Gasteiger partial charge in [-0.05, 0) is 45.0 Å². The smallest absolute Gasteiger partial charge is 0.222 e. The molecule has 0 saturated heterocycles. The van der Waals surface area contributed by atoms with Crippen molar-refractivity contribution in [2.45, 2.75) is 38.5 Å². The molecule has 0 atom stereocenters. The first-order valence-corrected chi connectivity index (χ1v) is 11.9. The third-order valence-corrected chi connectivity index (χ3v) is 5.51. The average molecular weight is 468 g/mol. The molecule has 1 N–H and O–H groups in total. The number of aromatic nitrogens is 5. The second kappa shape index (κ2) is 10.0. The van der Waals surface area contributed by atoms with E-state index in [2.05, 4.69) is 52.7 Å². The SMILES string of the molecule is BC(B)(B)COc1ncccc1-c1cc(NCc2cccnc2OC)c2c(n1)c(C)nn2C(C)C. The molecule has 0 aliphatic heterocycles. The first kappa shape index (κ1) is 24.6. The van der Waals surface area contributed by atoms with Crippen LogP contribution < -0.4 is 14.8 Å². The van der Waals surface area contributed by atoms with Gasteiger partial charge in [0.2, 0.25) is 11.8 Å². The third kappa shape index (κ3) is 5.44. The number of hydrogen-bond donors (Lipinski definition) is 1. The summed E-state index contributed by atoms with van der Waals surface area (Å²) in [6.07, 6.45) is 3.47. The zero-order valence-electron chi connectivity index (χ0n) is 21.6. The van der Waals surface area contributed by atoms with Crippen LogP contribution in [-0.4, -0.2) is 62.0 Å². The van der Waals surface area contributed by atoms with E-state index >= 15 is 0 Å². The minimum atomic E-state index is 0.0106. The number of fused-ring (bicyclic) bond motifs is 1. The fraction of sp³-hybridized carbons (Fsp3) is 0.333. The maximum absolute atomic E-state index is 6.12. The predicted molar refractivity (Wildman–Crippen MR) is 148 cm³/mol. The van der Waals surface area contributed by atoms with Crippen LogP contribution in [0.3, 0.4) is 0 Å². The van der Waals surface area contributed by atoms with Crippen molar-refractivity contribution in [1.29, 1.82) is 0 Å². The number of ether oxygens (including phenoxy) is 2. The molecule has 0 aliphatic rings.